The van der Waals surface area contributed by atoms with Crippen LogP contribution in [0, 0.1) is 6.92 Å². The number of aryl methyl sites for hydroxylation is 1. The van der Waals surface area contributed by atoms with Gasteiger partial charge >= 0.3 is 5.97 Å². The van der Waals surface area contributed by atoms with Gasteiger partial charge in [-0.05, 0) is 42.8 Å². The Kier molecular flexibility index (Phi) is 4.62. The monoisotopic (exact) mass is 357 g/mol. The number of carboxylic acids is 1. The second-order valence-electron chi connectivity index (χ2n) is 5.44. The topological polar surface area (TPSA) is 115 Å². The van der Waals surface area contributed by atoms with Gasteiger partial charge in [0.2, 0.25) is 5.91 Å². The van der Waals surface area contributed by atoms with E-state index in [-0.39, 0.29) is 23.0 Å². The Morgan fingerprint density at radius 2 is 2.04 bits per heavy atom. The highest BCUT2D eigenvalue weighted by Crippen LogP contribution is 2.23. The molecule has 3 aromatic rings. The Bertz CT molecular complexity index is 968. The van der Waals surface area contributed by atoms with E-state index in [1.54, 1.807) is 0 Å². The lowest BCUT2D eigenvalue weighted by molar-refractivity contribution is -0.113. The summed E-state index contributed by atoms with van der Waals surface area (Å²) in [5, 5.41) is 21.7. The Hall–Kier alpha value is -3.00. The molecule has 2 aromatic carbocycles. The molecule has 0 saturated heterocycles. The molecular weight excluding hydrogens is 342 g/mol. The molecule has 0 radical (unpaired) electrons. The van der Waals surface area contributed by atoms with Crippen LogP contribution in [-0.4, -0.2) is 37.8 Å². The number of H-pyrrole nitrogens is 1. The zero-order chi connectivity index (χ0) is 18.0. The molecule has 0 aliphatic carbocycles. The van der Waals surface area contributed by atoms with Crippen LogP contribution in [0.2, 0.25) is 0 Å². The minimum absolute atomic E-state index is 0.113. The standard InChI is InChI=1S/C17H15N3O4S/c1-9-2-4-12-13(6-9)20-17(19-12)25-8-15(22)18-10-3-5-14(21)11(7-10)16(23)24/h2-7,21H,8H2,1H3,(H,18,22)(H,19,20)(H,23,24). The van der Waals surface area contributed by atoms with E-state index in [1.807, 2.05) is 25.1 Å². The number of aromatic hydroxyl groups is 1. The molecule has 0 unspecified atom stereocenters. The van der Waals surface area contributed by atoms with Crippen LogP contribution in [0.4, 0.5) is 5.69 Å². The third kappa shape index (κ3) is 3.92. The first kappa shape index (κ1) is 16.8. The molecule has 128 valence electrons. The molecule has 8 heteroatoms. The number of imidazole rings is 1. The highest BCUT2D eigenvalue weighted by Gasteiger charge is 2.12. The van der Waals surface area contributed by atoms with Gasteiger partial charge in [0.05, 0.1) is 16.8 Å². The molecule has 0 atom stereocenters. The molecule has 25 heavy (non-hydrogen) atoms. The molecule has 0 aliphatic rings. The second-order valence-corrected chi connectivity index (χ2v) is 6.40. The maximum absolute atomic E-state index is 12.0. The summed E-state index contributed by atoms with van der Waals surface area (Å²) >= 11 is 1.25. The van der Waals surface area contributed by atoms with Crippen molar-refractivity contribution in [2.75, 3.05) is 11.1 Å². The first-order chi connectivity index (χ1) is 11.9. The van der Waals surface area contributed by atoms with Crippen LogP contribution in [-0.2, 0) is 4.79 Å². The fourth-order valence-corrected chi connectivity index (χ4v) is 2.97. The molecule has 4 N–H and O–H groups in total. The number of carbonyl (C=O) groups excluding carboxylic acids is 1. The largest absolute Gasteiger partial charge is 0.507 e. The molecular formula is C17H15N3O4S. The SMILES string of the molecule is Cc1ccc2nc(SCC(=O)Nc3ccc(O)c(C(=O)O)c3)[nH]c2c1. The van der Waals surface area contributed by atoms with Gasteiger partial charge in [0.1, 0.15) is 11.3 Å². The fourth-order valence-electron chi connectivity index (χ4n) is 2.28. The van der Waals surface area contributed by atoms with E-state index in [1.165, 1.54) is 30.0 Å². The van der Waals surface area contributed by atoms with E-state index in [9.17, 15) is 14.7 Å². The van der Waals surface area contributed by atoms with Gasteiger partial charge in [-0.2, -0.15) is 0 Å². The maximum Gasteiger partial charge on any atom is 0.339 e. The number of hydrogen-bond acceptors (Lipinski definition) is 5. The highest BCUT2D eigenvalue weighted by atomic mass is 32.2. The van der Waals surface area contributed by atoms with Gasteiger partial charge < -0.3 is 20.5 Å². The number of anilines is 1. The van der Waals surface area contributed by atoms with E-state index in [2.05, 4.69) is 15.3 Å². The Balaban J connectivity index is 1.64. The highest BCUT2D eigenvalue weighted by molar-refractivity contribution is 7.99. The molecule has 0 fully saturated rings. The molecule has 1 amide bonds. The minimum Gasteiger partial charge on any atom is -0.507 e. The van der Waals surface area contributed by atoms with Crippen molar-refractivity contribution in [1.82, 2.24) is 9.97 Å². The first-order valence-electron chi connectivity index (χ1n) is 7.38. The van der Waals surface area contributed by atoms with Crippen molar-refractivity contribution < 1.29 is 19.8 Å². The van der Waals surface area contributed by atoms with E-state index in [0.717, 1.165) is 16.6 Å². The summed E-state index contributed by atoms with van der Waals surface area (Å²) in [5.41, 5.74) is 2.90. The van der Waals surface area contributed by atoms with Gasteiger partial charge in [-0.15, -0.1) is 0 Å². The van der Waals surface area contributed by atoms with Crippen LogP contribution in [0.5, 0.6) is 5.75 Å². The fraction of sp³-hybridized carbons (Fsp3) is 0.118. The Morgan fingerprint density at radius 3 is 2.80 bits per heavy atom. The summed E-state index contributed by atoms with van der Waals surface area (Å²) in [6.07, 6.45) is 0. The van der Waals surface area contributed by atoms with E-state index in [0.29, 0.717) is 10.8 Å². The maximum atomic E-state index is 12.0. The van der Waals surface area contributed by atoms with Crippen LogP contribution in [0.3, 0.4) is 0 Å². The van der Waals surface area contributed by atoms with Crippen molar-refractivity contribution in [3.63, 3.8) is 0 Å². The quantitative estimate of drug-likeness (QED) is 0.412. The average molecular weight is 357 g/mol. The number of nitrogens with zero attached hydrogens (tertiary/aromatic N) is 1. The van der Waals surface area contributed by atoms with Crippen LogP contribution >= 0.6 is 11.8 Å². The number of aromatic amines is 1. The third-order valence-corrected chi connectivity index (χ3v) is 4.34. The number of aromatic nitrogens is 2. The normalized spacial score (nSPS) is 10.8. The number of amides is 1. The van der Waals surface area contributed by atoms with Crippen LogP contribution in [0.15, 0.2) is 41.6 Å². The lowest BCUT2D eigenvalue weighted by atomic mass is 10.2. The molecule has 0 bridgehead atoms. The molecule has 0 spiro atoms. The van der Waals surface area contributed by atoms with Crippen LogP contribution < -0.4 is 5.32 Å². The molecule has 0 aliphatic heterocycles. The second kappa shape index (κ2) is 6.86. The molecule has 0 saturated carbocycles. The first-order valence-corrected chi connectivity index (χ1v) is 8.36. The van der Waals surface area contributed by atoms with Gasteiger partial charge in [-0.3, -0.25) is 4.79 Å². The van der Waals surface area contributed by atoms with Gasteiger partial charge in [0, 0.05) is 5.69 Å². The molecule has 3 rings (SSSR count). The van der Waals surface area contributed by atoms with Crippen LogP contribution in [0.25, 0.3) is 11.0 Å². The summed E-state index contributed by atoms with van der Waals surface area (Å²) in [5.74, 6) is -1.80. The lowest BCUT2D eigenvalue weighted by Crippen LogP contribution is -2.14. The van der Waals surface area contributed by atoms with Crippen molar-refractivity contribution in [3.8, 4) is 5.75 Å². The van der Waals surface area contributed by atoms with Gasteiger partial charge in [-0.1, -0.05) is 17.8 Å². The van der Waals surface area contributed by atoms with E-state index < -0.39 is 5.97 Å². The average Bonchev–Trinajstić information content (AvgIpc) is 2.96. The summed E-state index contributed by atoms with van der Waals surface area (Å²) in [4.78, 5) is 30.6. The molecule has 7 nitrogen and oxygen atoms in total. The zero-order valence-corrected chi connectivity index (χ0v) is 14.1. The zero-order valence-electron chi connectivity index (χ0n) is 13.2. The van der Waals surface area contributed by atoms with Crippen molar-refractivity contribution in [2.45, 2.75) is 12.1 Å². The number of phenols is 1. The number of rotatable bonds is 5. The number of benzene rings is 2. The molecule has 1 heterocycles. The number of carboxylic acid groups (broad SMARTS) is 1. The number of nitrogens with one attached hydrogen (secondary N) is 2. The summed E-state index contributed by atoms with van der Waals surface area (Å²) in [6.45, 7) is 1.99. The number of aromatic carboxylic acids is 1. The summed E-state index contributed by atoms with van der Waals surface area (Å²) < 4.78 is 0. The molecule has 1 aromatic heterocycles. The van der Waals surface area contributed by atoms with Gasteiger partial charge in [-0.25, -0.2) is 9.78 Å². The van der Waals surface area contributed by atoms with Crippen molar-refractivity contribution >= 4 is 40.4 Å². The van der Waals surface area contributed by atoms with Crippen molar-refractivity contribution in [3.05, 3.63) is 47.5 Å². The van der Waals surface area contributed by atoms with E-state index >= 15 is 0 Å². The van der Waals surface area contributed by atoms with Gasteiger partial charge in [0.25, 0.3) is 0 Å². The summed E-state index contributed by atoms with van der Waals surface area (Å²) in [6, 6.07) is 9.74. The minimum atomic E-state index is -1.26. The van der Waals surface area contributed by atoms with E-state index in [4.69, 9.17) is 5.11 Å². The Labute approximate surface area is 147 Å². The van der Waals surface area contributed by atoms with Crippen molar-refractivity contribution in [1.29, 1.82) is 0 Å². The lowest BCUT2D eigenvalue weighted by Gasteiger charge is -2.06. The van der Waals surface area contributed by atoms with Crippen molar-refractivity contribution in [2.24, 2.45) is 0 Å². The predicted octanol–water partition coefficient (Wildman–Crippen LogP) is 3.01. The third-order valence-electron chi connectivity index (χ3n) is 3.47. The number of fused-ring (bicyclic) bond motifs is 1. The van der Waals surface area contributed by atoms with Gasteiger partial charge in [0.15, 0.2) is 5.16 Å². The summed E-state index contributed by atoms with van der Waals surface area (Å²) in [7, 11) is 0. The smallest absolute Gasteiger partial charge is 0.339 e. The Morgan fingerprint density at radius 1 is 1.24 bits per heavy atom. The number of thioether (sulfide) groups is 1. The number of hydrogen-bond donors (Lipinski definition) is 4. The van der Waals surface area contributed by atoms with Crippen LogP contribution in [0.1, 0.15) is 15.9 Å². The predicted molar refractivity (Wildman–Crippen MR) is 95.3 cm³/mol. The number of carbonyl (C=O) groups is 2.